The molecule has 1 atom stereocenters. The molecule has 0 aromatic rings. The fraction of sp³-hybridized carbons (Fsp3) is 0.680. The molecule has 0 radical (unpaired) electrons. The van der Waals surface area contributed by atoms with Gasteiger partial charge in [0.05, 0.1) is 14.2 Å². The zero-order valence-electron chi connectivity index (χ0n) is 22.6. The van der Waals surface area contributed by atoms with Crippen LogP contribution in [0.15, 0.2) is 24.3 Å². The first kappa shape index (κ1) is 34.7. The molecule has 1 unspecified atom stereocenters. The van der Waals surface area contributed by atoms with Crippen LogP contribution in [0.25, 0.3) is 0 Å². The van der Waals surface area contributed by atoms with Gasteiger partial charge in [0.1, 0.15) is 13.2 Å². The second-order valence-electron chi connectivity index (χ2n) is 9.10. The molecule has 0 saturated heterocycles. The second-order valence-corrected chi connectivity index (χ2v) is 11.3. The summed E-state index contributed by atoms with van der Waals surface area (Å²) in [6.45, 7) is 14.9. The smallest absolute Gasteiger partial charge is 0.407 e. The average molecular weight is 563 g/mol. The molecule has 0 heterocycles. The molecule has 0 aliphatic heterocycles. The van der Waals surface area contributed by atoms with Crippen molar-refractivity contribution in [2.75, 3.05) is 63.5 Å². The Hall–Kier alpha value is -2.34. The molecule has 2 amide bonds. The van der Waals surface area contributed by atoms with Crippen LogP contribution in [-0.2, 0) is 28.5 Å². The summed E-state index contributed by atoms with van der Waals surface area (Å²) in [5, 5.41) is 5.53. The molecule has 0 aromatic carbocycles. The molecule has 0 saturated carbocycles. The maximum atomic E-state index is 11.9. The molecule has 37 heavy (non-hydrogen) atoms. The summed E-state index contributed by atoms with van der Waals surface area (Å²) in [5.41, 5.74) is 0.687. The molecule has 12 heteroatoms. The van der Waals surface area contributed by atoms with Crippen LogP contribution in [0.5, 0.6) is 0 Å². The first-order chi connectivity index (χ1) is 17.4. The number of esters is 2. The molecule has 0 aliphatic rings. The van der Waals surface area contributed by atoms with Crippen molar-refractivity contribution in [2.45, 2.75) is 33.6 Å². The molecular weight excluding hydrogens is 520 g/mol. The number of alkyl carbamates (subject to hydrolysis) is 2. The number of hydrogen-bond acceptors (Lipinski definition) is 10. The average Bonchev–Trinajstić information content (AvgIpc) is 2.85. The van der Waals surface area contributed by atoms with Gasteiger partial charge in [-0.15, -0.1) is 0 Å². The van der Waals surface area contributed by atoms with Crippen LogP contribution in [0.1, 0.15) is 33.6 Å². The van der Waals surface area contributed by atoms with Crippen molar-refractivity contribution >= 4 is 47.6 Å². The summed E-state index contributed by atoms with van der Waals surface area (Å²) in [4.78, 5) is 46.3. The van der Waals surface area contributed by atoms with E-state index in [9.17, 15) is 19.2 Å². The molecule has 2 N–H and O–H groups in total. The van der Waals surface area contributed by atoms with E-state index < -0.39 is 24.1 Å². The number of thioether (sulfide) groups is 2. The Bertz CT molecular complexity index is 774. The fourth-order valence-electron chi connectivity index (χ4n) is 3.16. The van der Waals surface area contributed by atoms with Crippen LogP contribution in [0.2, 0.25) is 0 Å². The number of hydrogen-bond donors (Lipinski definition) is 2. The van der Waals surface area contributed by atoms with E-state index in [1.54, 1.807) is 0 Å². The summed E-state index contributed by atoms with van der Waals surface area (Å²) in [7, 11) is 2.61. The Balaban J connectivity index is 3.93. The summed E-state index contributed by atoms with van der Waals surface area (Å²) in [6, 6.07) is 0. The Morgan fingerprint density at radius 2 is 1.30 bits per heavy atom. The van der Waals surface area contributed by atoms with Gasteiger partial charge < -0.3 is 29.6 Å². The van der Waals surface area contributed by atoms with Gasteiger partial charge in [-0.25, -0.2) is 19.2 Å². The topological polar surface area (TPSA) is 129 Å². The van der Waals surface area contributed by atoms with Crippen molar-refractivity contribution in [1.29, 1.82) is 0 Å². The van der Waals surface area contributed by atoms with Gasteiger partial charge in [-0.3, -0.25) is 0 Å². The Morgan fingerprint density at radius 3 is 1.76 bits per heavy atom. The Labute approximate surface area is 229 Å². The van der Waals surface area contributed by atoms with Crippen LogP contribution >= 0.6 is 23.5 Å². The number of amides is 2. The van der Waals surface area contributed by atoms with Crippen molar-refractivity contribution in [3.63, 3.8) is 0 Å². The fourth-order valence-corrected chi connectivity index (χ4v) is 4.58. The van der Waals surface area contributed by atoms with Gasteiger partial charge in [0.2, 0.25) is 0 Å². The van der Waals surface area contributed by atoms with E-state index in [1.807, 2.05) is 6.92 Å². The lowest BCUT2D eigenvalue weighted by atomic mass is 9.80. The zero-order valence-corrected chi connectivity index (χ0v) is 24.3. The highest BCUT2D eigenvalue weighted by Gasteiger charge is 2.22. The molecule has 0 rings (SSSR count). The lowest BCUT2D eigenvalue weighted by molar-refractivity contribution is -0.136. The molecule has 10 nitrogen and oxygen atoms in total. The Morgan fingerprint density at radius 1 is 0.838 bits per heavy atom. The highest BCUT2D eigenvalue weighted by atomic mass is 32.2. The number of ether oxygens (including phenoxy) is 4. The molecule has 0 aliphatic carbocycles. The minimum absolute atomic E-state index is 0.0545. The van der Waals surface area contributed by atoms with E-state index in [-0.39, 0.29) is 24.5 Å². The Kier molecular flexibility index (Phi) is 18.5. The minimum atomic E-state index is -0.478. The number of carbonyl (C=O) groups excluding carboxylic acids is 4. The highest BCUT2D eigenvalue weighted by molar-refractivity contribution is 7.99. The van der Waals surface area contributed by atoms with Crippen LogP contribution in [0.3, 0.4) is 0 Å². The molecule has 0 aromatic heterocycles. The standard InChI is InChI=1S/C25H42N2O8S2/c1-18(15-27-24(31)35-11-13-37-17-20(3)22(29)33-7)14-25(4,5)8-9-26-23(30)34-10-12-36-16-19(2)21(28)32-6/h18H,2-3,8-17H2,1,4-7H3,(H,26,30)(H,27,31). The molecule has 0 fully saturated rings. The maximum absolute atomic E-state index is 11.9. The van der Waals surface area contributed by atoms with Gasteiger partial charge in [0.15, 0.2) is 0 Å². The predicted molar refractivity (Wildman–Crippen MR) is 148 cm³/mol. The van der Waals surface area contributed by atoms with E-state index in [0.717, 1.165) is 12.8 Å². The van der Waals surface area contributed by atoms with Crippen LogP contribution in [0.4, 0.5) is 9.59 Å². The van der Waals surface area contributed by atoms with Crippen molar-refractivity contribution in [2.24, 2.45) is 11.3 Å². The van der Waals surface area contributed by atoms with Crippen molar-refractivity contribution in [3.8, 4) is 0 Å². The first-order valence-electron chi connectivity index (χ1n) is 11.9. The lowest BCUT2D eigenvalue weighted by Gasteiger charge is -2.28. The van der Waals surface area contributed by atoms with Crippen LogP contribution in [0, 0.1) is 11.3 Å². The van der Waals surface area contributed by atoms with Gasteiger partial charge >= 0.3 is 24.1 Å². The highest BCUT2D eigenvalue weighted by Crippen LogP contribution is 2.28. The third kappa shape index (κ3) is 18.5. The number of methoxy groups -OCH3 is 2. The molecule has 0 bridgehead atoms. The number of rotatable bonds is 19. The molecular formula is C25H42N2O8S2. The predicted octanol–water partition coefficient (Wildman–Crippen LogP) is 3.81. The monoisotopic (exact) mass is 562 g/mol. The van der Waals surface area contributed by atoms with E-state index >= 15 is 0 Å². The zero-order chi connectivity index (χ0) is 28.3. The second kappa shape index (κ2) is 19.7. The minimum Gasteiger partial charge on any atom is -0.466 e. The first-order valence-corrected chi connectivity index (χ1v) is 14.2. The van der Waals surface area contributed by atoms with Crippen LogP contribution in [-0.4, -0.2) is 87.7 Å². The van der Waals surface area contributed by atoms with Gasteiger partial charge in [-0.2, -0.15) is 23.5 Å². The van der Waals surface area contributed by atoms with E-state index in [4.69, 9.17) is 9.47 Å². The molecule has 212 valence electrons. The van der Waals surface area contributed by atoms with Gasteiger partial charge in [0, 0.05) is 47.2 Å². The summed E-state index contributed by atoms with van der Waals surface area (Å²) in [5.74, 6) is 1.27. The van der Waals surface area contributed by atoms with Crippen molar-refractivity contribution in [1.82, 2.24) is 10.6 Å². The van der Waals surface area contributed by atoms with Crippen LogP contribution < -0.4 is 10.6 Å². The third-order valence-corrected chi connectivity index (χ3v) is 7.01. The van der Waals surface area contributed by atoms with E-state index in [0.29, 0.717) is 47.2 Å². The summed E-state index contributed by atoms with van der Waals surface area (Å²) < 4.78 is 19.5. The largest absolute Gasteiger partial charge is 0.466 e. The SMILES string of the molecule is C=C(CSCCOC(=O)NCCC(C)(C)CC(C)CNC(=O)OCCSCC(=C)C(=O)OC)C(=O)OC. The number of carbonyl (C=O) groups is 4. The third-order valence-electron chi connectivity index (χ3n) is 4.99. The summed E-state index contributed by atoms with van der Waals surface area (Å²) in [6.07, 6.45) is 0.636. The maximum Gasteiger partial charge on any atom is 0.407 e. The quantitative estimate of drug-likeness (QED) is 0.104. The van der Waals surface area contributed by atoms with E-state index in [2.05, 4.69) is 47.1 Å². The normalized spacial score (nSPS) is 11.6. The van der Waals surface area contributed by atoms with Crippen molar-refractivity contribution < 1.29 is 38.1 Å². The van der Waals surface area contributed by atoms with Gasteiger partial charge in [-0.05, 0) is 24.2 Å². The summed E-state index contributed by atoms with van der Waals surface area (Å²) >= 11 is 2.87. The molecule has 0 spiro atoms. The van der Waals surface area contributed by atoms with Gasteiger partial charge in [-0.1, -0.05) is 33.9 Å². The van der Waals surface area contributed by atoms with Gasteiger partial charge in [0.25, 0.3) is 0 Å². The van der Waals surface area contributed by atoms with Crippen molar-refractivity contribution in [3.05, 3.63) is 24.3 Å². The van der Waals surface area contributed by atoms with E-state index in [1.165, 1.54) is 37.7 Å². The lowest BCUT2D eigenvalue weighted by Crippen LogP contribution is -2.33. The number of nitrogens with one attached hydrogen (secondary N) is 2.